The molecule has 0 saturated heterocycles. The number of aryl methyl sites for hydroxylation is 1. The number of likely N-dealkylation sites (N-methyl/N-ethyl adjacent to an activating group) is 1. The molecule has 0 aliphatic carbocycles. The first-order chi connectivity index (χ1) is 15.0. The highest BCUT2D eigenvalue weighted by Gasteiger charge is 2.35. The van der Waals surface area contributed by atoms with Crippen LogP contribution in [0.3, 0.4) is 0 Å². The lowest BCUT2D eigenvalue weighted by Gasteiger charge is -2.37. The molecule has 32 heavy (non-hydrogen) atoms. The first kappa shape index (κ1) is 24.2. The third kappa shape index (κ3) is 5.28. The molecule has 1 N–H and O–H groups in total. The number of carbonyl (C=O) groups excluding carboxylic acids is 1. The Bertz CT molecular complexity index is 1070. The number of hydrogen-bond acceptors (Lipinski definition) is 6. The molecule has 9 heteroatoms. The number of aliphatic hydroxyl groups is 1. The van der Waals surface area contributed by atoms with Gasteiger partial charge < -0.3 is 14.7 Å². The van der Waals surface area contributed by atoms with Gasteiger partial charge in [-0.3, -0.25) is 4.79 Å². The second kappa shape index (κ2) is 9.56. The fourth-order valence-corrected chi connectivity index (χ4v) is 4.03. The molecular formula is C23H31N3O5S. The molecule has 3 atom stereocenters. The Hall–Kier alpha value is -2.49. The third-order valence-corrected chi connectivity index (χ3v) is 7.19. The van der Waals surface area contributed by atoms with Crippen LogP contribution >= 0.6 is 0 Å². The van der Waals surface area contributed by atoms with Crippen molar-refractivity contribution in [3.63, 3.8) is 0 Å². The topological polar surface area (TPSA) is 100 Å². The fourth-order valence-electron chi connectivity index (χ4n) is 3.61. The van der Waals surface area contributed by atoms with Gasteiger partial charge in [-0.25, -0.2) is 17.7 Å². The van der Waals surface area contributed by atoms with Gasteiger partial charge in [-0.1, -0.05) is 36.8 Å². The van der Waals surface area contributed by atoms with Crippen LogP contribution in [-0.4, -0.2) is 78.8 Å². The summed E-state index contributed by atoms with van der Waals surface area (Å²) in [5, 5.41) is 9.75. The zero-order valence-corrected chi connectivity index (χ0v) is 20.0. The summed E-state index contributed by atoms with van der Waals surface area (Å²) in [6.45, 7) is 5.93. The number of benzene rings is 1. The van der Waals surface area contributed by atoms with Crippen LogP contribution in [-0.2, 0) is 10.0 Å². The van der Waals surface area contributed by atoms with Gasteiger partial charge >= 0.3 is 0 Å². The van der Waals surface area contributed by atoms with Crippen LogP contribution in [0, 0.1) is 12.8 Å². The SMILES string of the molecule is Cc1ccc(-c2cnc3c(c2)C(=O)N([C@@H](C)CO)C[C@@H](C)[C@H](CN(C)S(C)(=O)=O)O3)cc1. The van der Waals surface area contributed by atoms with E-state index in [0.29, 0.717) is 12.1 Å². The average molecular weight is 462 g/mol. The summed E-state index contributed by atoms with van der Waals surface area (Å²) < 4.78 is 31.3. The van der Waals surface area contributed by atoms with E-state index in [1.54, 1.807) is 24.1 Å². The second-order valence-electron chi connectivity index (χ2n) is 8.61. The average Bonchev–Trinajstić information content (AvgIpc) is 2.75. The number of ether oxygens (including phenoxy) is 1. The highest BCUT2D eigenvalue weighted by Crippen LogP contribution is 2.30. The molecule has 0 unspecified atom stereocenters. The minimum absolute atomic E-state index is 0.121. The van der Waals surface area contributed by atoms with Gasteiger partial charge in [0, 0.05) is 31.3 Å². The van der Waals surface area contributed by atoms with E-state index in [0.717, 1.165) is 22.9 Å². The molecule has 0 fully saturated rings. The van der Waals surface area contributed by atoms with Crippen molar-refractivity contribution in [1.82, 2.24) is 14.2 Å². The van der Waals surface area contributed by atoms with Crippen molar-refractivity contribution >= 4 is 15.9 Å². The summed E-state index contributed by atoms with van der Waals surface area (Å²) in [6.07, 6.45) is 2.28. The number of sulfonamides is 1. The van der Waals surface area contributed by atoms with Gasteiger partial charge in [0.05, 0.1) is 25.4 Å². The van der Waals surface area contributed by atoms with E-state index in [1.807, 2.05) is 38.1 Å². The first-order valence-corrected chi connectivity index (χ1v) is 12.4. The molecule has 1 aromatic heterocycles. The highest BCUT2D eigenvalue weighted by atomic mass is 32.2. The van der Waals surface area contributed by atoms with Gasteiger partial charge in [-0.05, 0) is 25.5 Å². The van der Waals surface area contributed by atoms with E-state index in [2.05, 4.69) is 4.98 Å². The molecule has 2 aromatic rings. The van der Waals surface area contributed by atoms with E-state index in [4.69, 9.17) is 4.74 Å². The van der Waals surface area contributed by atoms with Crippen molar-refractivity contribution in [2.24, 2.45) is 5.92 Å². The normalized spacial score (nSPS) is 20.3. The fraction of sp³-hybridized carbons (Fsp3) is 0.478. The van der Waals surface area contributed by atoms with Crippen LogP contribution in [0.15, 0.2) is 36.5 Å². The maximum atomic E-state index is 13.4. The molecule has 0 radical (unpaired) electrons. The number of aromatic nitrogens is 1. The minimum atomic E-state index is -3.40. The number of hydrogen-bond donors (Lipinski definition) is 1. The lowest BCUT2D eigenvalue weighted by Crippen LogP contribution is -2.50. The molecule has 1 aliphatic heterocycles. The van der Waals surface area contributed by atoms with Crippen LogP contribution in [0.2, 0.25) is 0 Å². The summed E-state index contributed by atoms with van der Waals surface area (Å²) in [5.74, 6) is -0.298. The van der Waals surface area contributed by atoms with Crippen molar-refractivity contribution in [2.45, 2.75) is 32.9 Å². The van der Waals surface area contributed by atoms with Gasteiger partial charge in [0.15, 0.2) is 0 Å². The molecule has 0 spiro atoms. The van der Waals surface area contributed by atoms with E-state index in [1.165, 1.54) is 11.4 Å². The Morgan fingerprint density at radius 2 is 1.94 bits per heavy atom. The van der Waals surface area contributed by atoms with Crippen molar-refractivity contribution in [3.05, 3.63) is 47.7 Å². The summed E-state index contributed by atoms with van der Waals surface area (Å²) in [4.78, 5) is 19.5. The monoisotopic (exact) mass is 461 g/mol. The minimum Gasteiger partial charge on any atom is -0.472 e. The molecule has 174 valence electrons. The van der Waals surface area contributed by atoms with Crippen LogP contribution in [0.4, 0.5) is 0 Å². The summed E-state index contributed by atoms with van der Waals surface area (Å²) in [7, 11) is -1.90. The van der Waals surface area contributed by atoms with Crippen molar-refractivity contribution < 1.29 is 23.1 Å². The van der Waals surface area contributed by atoms with Crippen molar-refractivity contribution in [2.75, 3.05) is 33.0 Å². The number of pyridine rings is 1. The number of rotatable bonds is 6. The van der Waals surface area contributed by atoms with Crippen molar-refractivity contribution in [1.29, 1.82) is 0 Å². The molecular weight excluding hydrogens is 430 g/mol. The van der Waals surface area contributed by atoms with Gasteiger partial charge in [0.25, 0.3) is 5.91 Å². The Balaban J connectivity index is 2.06. The predicted molar refractivity (Wildman–Crippen MR) is 123 cm³/mol. The lowest BCUT2D eigenvalue weighted by atomic mass is 9.99. The number of amides is 1. The molecule has 1 amide bonds. The summed E-state index contributed by atoms with van der Waals surface area (Å²) in [5.41, 5.74) is 3.12. The van der Waals surface area contributed by atoms with Crippen molar-refractivity contribution in [3.8, 4) is 17.0 Å². The third-order valence-electron chi connectivity index (χ3n) is 5.91. The van der Waals surface area contributed by atoms with Crippen LogP contribution in [0.1, 0.15) is 29.8 Å². The molecule has 1 aliphatic rings. The number of nitrogens with zero attached hydrogens (tertiary/aromatic N) is 3. The highest BCUT2D eigenvalue weighted by molar-refractivity contribution is 7.88. The van der Waals surface area contributed by atoms with E-state index in [9.17, 15) is 18.3 Å². The first-order valence-electron chi connectivity index (χ1n) is 10.6. The molecule has 8 nitrogen and oxygen atoms in total. The van der Waals surface area contributed by atoms with Crippen LogP contribution < -0.4 is 4.74 Å². The van der Waals surface area contributed by atoms with E-state index in [-0.39, 0.29) is 30.9 Å². The summed E-state index contributed by atoms with van der Waals surface area (Å²) >= 11 is 0. The maximum absolute atomic E-state index is 13.4. The Morgan fingerprint density at radius 3 is 2.53 bits per heavy atom. The quantitative estimate of drug-likeness (QED) is 0.708. The van der Waals surface area contributed by atoms with Gasteiger partial charge in [0.1, 0.15) is 11.7 Å². The molecule has 0 bridgehead atoms. The summed E-state index contributed by atoms with van der Waals surface area (Å²) in [6, 6.07) is 9.25. The maximum Gasteiger partial charge on any atom is 0.259 e. The number of fused-ring (bicyclic) bond motifs is 1. The van der Waals surface area contributed by atoms with Gasteiger partial charge in [0.2, 0.25) is 15.9 Å². The molecule has 2 heterocycles. The largest absolute Gasteiger partial charge is 0.472 e. The van der Waals surface area contributed by atoms with E-state index >= 15 is 0 Å². The zero-order valence-electron chi connectivity index (χ0n) is 19.1. The Morgan fingerprint density at radius 1 is 1.28 bits per heavy atom. The van der Waals surface area contributed by atoms with Gasteiger partial charge in [-0.15, -0.1) is 0 Å². The van der Waals surface area contributed by atoms with Gasteiger partial charge in [-0.2, -0.15) is 0 Å². The number of aliphatic hydroxyl groups excluding tert-OH is 1. The second-order valence-corrected chi connectivity index (χ2v) is 10.7. The Kier molecular flexibility index (Phi) is 7.22. The number of carbonyl (C=O) groups is 1. The van der Waals surface area contributed by atoms with E-state index < -0.39 is 22.2 Å². The lowest BCUT2D eigenvalue weighted by molar-refractivity contribution is 0.0374. The van der Waals surface area contributed by atoms with Crippen LogP contribution in [0.25, 0.3) is 11.1 Å². The Labute approximate surface area is 189 Å². The standard InChI is InChI=1S/C23H31N3O5S/c1-15-6-8-18(9-7-15)19-10-20-22(24-11-19)31-21(13-25(4)32(5,29)30)16(2)12-26(23(20)28)17(3)14-27/h6-11,16-17,21,27H,12-14H2,1-5H3/t16-,17+,21+/m1/s1. The molecule has 3 rings (SSSR count). The molecule has 1 aromatic carbocycles. The zero-order chi connectivity index (χ0) is 23.6. The predicted octanol–water partition coefficient (Wildman–Crippen LogP) is 2.17. The van der Waals surface area contributed by atoms with Crippen LogP contribution in [0.5, 0.6) is 5.88 Å². The molecule has 0 saturated carbocycles. The smallest absolute Gasteiger partial charge is 0.259 e.